The van der Waals surface area contributed by atoms with E-state index in [0.717, 1.165) is 4.31 Å². The van der Waals surface area contributed by atoms with Crippen molar-refractivity contribution in [3.05, 3.63) is 0 Å². The van der Waals surface area contributed by atoms with Crippen LogP contribution in [-0.2, 0) is 24.5 Å². The minimum atomic E-state index is -3.67. The van der Waals surface area contributed by atoms with E-state index in [4.69, 9.17) is 5.11 Å². The van der Waals surface area contributed by atoms with Gasteiger partial charge in [0.05, 0.1) is 19.4 Å². The van der Waals surface area contributed by atoms with Gasteiger partial charge in [-0.1, -0.05) is 6.92 Å². The van der Waals surface area contributed by atoms with Crippen molar-refractivity contribution in [2.45, 2.75) is 26.2 Å². The Morgan fingerprint density at radius 1 is 1.33 bits per heavy atom. The zero-order valence-corrected chi connectivity index (χ0v) is 13.1. The van der Waals surface area contributed by atoms with Crippen molar-refractivity contribution in [2.75, 3.05) is 33.3 Å². The van der Waals surface area contributed by atoms with Crippen LogP contribution in [0.2, 0.25) is 0 Å². The lowest BCUT2D eigenvalue weighted by molar-refractivity contribution is -0.146. The zero-order chi connectivity index (χ0) is 16.0. The molecule has 0 spiro atoms. The normalized spacial score (nSPS) is 17.9. The van der Waals surface area contributed by atoms with Crippen molar-refractivity contribution in [1.82, 2.24) is 8.61 Å². The number of esters is 1. The lowest BCUT2D eigenvalue weighted by Crippen LogP contribution is -2.48. The number of carbonyl (C=O) groups excluding carboxylic acids is 1. The Kier molecular flexibility index (Phi) is 6.56. The molecule has 0 bridgehead atoms. The fourth-order valence-corrected chi connectivity index (χ4v) is 3.96. The number of hydrogen-bond donors (Lipinski definition) is 1. The number of nitrogens with zero attached hydrogens (tertiary/aromatic N) is 2. The smallest absolute Gasteiger partial charge is 0.308 e. The molecule has 122 valence electrons. The second-order valence-corrected chi connectivity index (χ2v) is 6.77. The standard InChI is InChI=1S/C12H22N2O6S/c1-3-13(9-6-11(15)16)21(18,19)14-7-4-10(5-8-14)12(17)20-2/h10H,3-9H2,1-2H3,(H,15,16). The van der Waals surface area contributed by atoms with Gasteiger partial charge >= 0.3 is 11.9 Å². The van der Waals surface area contributed by atoms with Crippen LogP contribution in [0.4, 0.5) is 0 Å². The summed E-state index contributed by atoms with van der Waals surface area (Å²) < 4.78 is 32.0. The van der Waals surface area contributed by atoms with Crippen LogP contribution in [-0.4, -0.2) is 67.4 Å². The third-order valence-corrected chi connectivity index (χ3v) is 5.68. The highest BCUT2D eigenvalue weighted by Gasteiger charge is 2.34. The number of carbonyl (C=O) groups is 2. The van der Waals surface area contributed by atoms with E-state index in [-0.39, 0.29) is 44.5 Å². The first-order valence-corrected chi connectivity index (χ1v) is 8.27. The van der Waals surface area contributed by atoms with E-state index in [2.05, 4.69) is 4.74 Å². The number of hydrogen-bond acceptors (Lipinski definition) is 5. The van der Waals surface area contributed by atoms with Gasteiger partial charge in [0.25, 0.3) is 10.2 Å². The van der Waals surface area contributed by atoms with Gasteiger partial charge in [-0.2, -0.15) is 17.0 Å². The molecule has 1 N–H and O–H groups in total. The summed E-state index contributed by atoms with van der Waals surface area (Å²) in [6.07, 6.45) is 0.608. The fourth-order valence-electron chi connectivity index (χ4n) is 2.31. The molecule has 1 aliphatic heterocycles. The number of rotatable bonds is 7. The van der Waals surface area contributed by atoms with E-state index >= 15 is 0 Å². The van der Waals surface area contributed by atoms with Crippen LogP contribution in [0.15, 0.2) is 0 Å². The maximum atomic E-state index is 12.4. The third kappa shape index (κ3) is 4.65. The predicted octanol–water partition coefficient (Wildman–Crippen LogP) is -0.0872. The molecule has 0 aromatic rings. The first-order chi connectivity index (χ1) is 9.82. The summed E-state index contributed by atoms with van der Waals surface area (Å²) >= 11 is 0. The molecule has 0 atom stereocenters. The van der Waals surface area contributed by atoms with Gasteiger partial charge < -0.3 is 9.84 Å². The van der Waals surface area contributed by atoms with Gasteiger partial charge in [-0.3, -0.25) is 9.59 Å². The Bertz CT molecular complexity index is 470. The first kappa shape index (κ1) is 17.9. The van der Waals surface area contributed by atoms with E-state index in [0.29, 0.717) is 12.8 Å². The summed E-state index contributed by atoms with van der Waals surface area (Å²) in [5, 5.41) is 8.67. The molecule has 0 radical (unpaired) electrons. The number of piperidine rings is 1. The van der Waals surface area contributed by atoms with Crippen LogP contribution in [0, 0.1) is 5.92 Å². The Morgan fingerprint density at radius 3 is 2.33 bits per heavy atom. The van der Waals surface area contributed by atoms with E-state index < -0.39 is 16.2 Å². The monoisotopic (exact) mass is 322 g/mol. The molecule has 0 aromatic carbocycles. The zero-order valence-electron chi connectivity index (χ0n) is 12.3. The molecule has 8 nitrogen and oxygen atoms in total. The molecule has 0 unspecified atom stereocenters. The minimum Gasteiger partial charge on any atom is -0.481 e. The SMILES string of the molecule is CCN(CCC(=O)O)S(=O)(=O)N1CCC(C(=O)OC)CC1. The minimum absolute atomic E-state index is 0.0505. The van der Waals surface area contributed by atoms with Crippen LogP contribution < -0.4 is 0 Å². The van der Waals surface area contributed by atoms with Crippen LogP contribution in [0.25, 0.3) is 0 Å². The Balaban J connectivity index is 2.66. The molecule has 1 fully saturated rings. The maximum absolute atomic E-state index is 12.4. The second-order valence-electron chi connectivity index (χ2n) is 4.84. The van der Waals surface area contributed by atoms with Gasteiger partial charge in [0.2, 0.25) is 0 Å². The lowest BCUT2D eigenvalue weighted by Gasteiger charge is -2.33. The Hall–Kier alpha value is -1.19. The third-order valence-electron chi connectivity index (χ3n) is 3.57. The summed E-state index contributed by atoms with van der Waals surface area (Å²) in [5.74, 6) is -1.62. The molecule has 1 heterocycles. The summed E-state index contributed by atoms with van der Waals surface area (Å²) in [4.78, 5) is 22.0. The molecule has 21 heavy (non-hydrogen) atoms. The first-order valence-electron chi connectivity index (χ1n) is 6.87. The van der Waals surface area contributed by atoms with Crippen LogP contribution >= 0.6 is 0 Å². The highest BCUT2D eigenvalue weighted by atomic mass is 32.2. The molecule has 0 amide bonds. The summed E-state index contributed by atoms with van der Waals surface area (Å²) in [5.41, 5.74) is 0. The molecule has 1 aliphatic rings. The molecule has 1 saturated heterocycles. The summed E-state index contributed by atoms with van der Waals surface area (Å²) in [7, 11) is -2.36. The number of carboxylic acids is 1. The van der Waals surface area contributed by atoms with Gasteiger partial charge in [-0.05, 0) is 12.8 Å². The number of aliphatic carboxylic acids is 1. The van der Waals surface area contributed by atoms with Gasteiger partial charge in [0.1, 0.15) is 0 Å². The molecule has 0 aliphatic carbocycles. The van der Waals surface area contributed by atoms with E-state index in [1.807, 2.05) is 0 Å². The molecule has 0 saturated carbocycles. The number of methoxy groups -OCH3 is 1. The largest absolute Gasteiger partial charge is 0.481 e. The summed E-state index contributed by atoms with van der Waals surface area (Å²) in [6, 6.07) is 0. The second kappa shape index (κ2) is 7.71. The van der Waals surface area contributed by atoms with Gasteiger partial charge in [-0.25, -0.2) is 0 Å². The van der Waals surface area contributed by atoms with Crippen molar-refractivity contribution < 1.29 is 27.9 Å². The Morgan fingerprint density at radius 2 is 1.90 bits per heavy atom. The van der Waals surface area contributed by atoms with Crippen molar-refractivity contribution >= 4 is 22.1 Å². The van der Waals surface area contributed by atoms with Crippen LogP contribution in [0.3, 0.4) is 0 Å². The lowest BCUT2D eigenvalue weighted by atomic mass is 9.99. The molecular weight excluding hydrogens is 300 g/mol. The molecule has 9 heteroatoms. The van der Waals surface area contributed by atoms with E-state index in [1.165, 1.54) is 11.4 Å². The average Bonchev–Trinajstić information content (AvgIpc) is 2.46. The maximum Gasteiger partial charge on any atom is 0.308 e. The van der Waals surface area contributed by atoms with E-state index in [1.54, 1.807) is 6.92 Å². The van der Waals surface area contributed by atoms with Gasteiger partial charge in [0, 0.05) is 26.2 Å². The number of ether oxygens (including phenoxy) is 1. The molecule has 1 rings (SSSR count). The van der Waals surface area contributed by atoms with E-state index in [9.17, 15) is 18.0 Å². The molecular formula is C12H22N2O6S. The predicted molar refractivity (Wildman–Crippen MR) is 74.7 cm³/mol. The van der Waals surface area contributed by atoms with Crippen LogP contribution in [0.5, 0.6) is 0 Å². The van der Waals surface area contributed by atoms with Crippen molar-refractivity contribution in [2.24, 2.45) is 5.92 Å². The van der Waals surface area contributed by atoms with Gasteiger partial charge in [-0.15, -0.1) is 0 Å². The summed E-state index contributed by atoms with van der Waals surface area (Å²) in [6.45, 7) is 2.32. The highest BCUT2D eigenvalue weighted by Crippen LogP contribution is 2.22. The van der Waals surface area contributed by atoms with Gasteiger partial charge in [0.15, 0.2) is 0 Å². The topological polar surface area (TPSA) is 104 Å². The van der Waals surface area contributed by atoms with Crippen molar-refractivity contribution in [3.63, 3.8) is 0 Å². The van der Waals surface area contributed by atoms with Crippen LogP contribution in [0.1, 0.15) is 26.2 Å². The Labute approximate surface area is 124 Å². The fraction of sp³-hybridized carbons (Fsp3) is 0.833. The van der Waals surface area contributed by atoms with Crippen molar-refractivity contribution in [3.8, 4) is 0 Å². The highest BCUT2D eigenvalue weighted by molar-refractivity contribution is 7.86. The average molecular weight is 322 g/mol. The van der Waals surface area contributed by atoms with Crippen molar-refractivity contribution in [1.29, 1.82) is 0 Å². The quantitative estimate of drug-likeness (QED) is 0.657. The number of carboxylic acid groups (broad SMARTS) is 1. The molecule has 0 aromatic heterocycles.